The molecule has 2 aliphatic rings. The smallest absolute Gasteiger partial charge is 0.251 e. The van der Waals surface area contributed by atoms with Gasteiger partial charge in [-0.05, 0) is 43.9 Å². The van der Waals surface area contributed by atoms with Crippen LogP contribution in [0.4, 0.5) is 5.69 Å². The topological polar surface area (TPSA) is 78.4 Å². The molecule has 0 radical (unpaired) electrons. The Kier molecular flexibility index (Phi) is 5.74. The van der Waals surface area contributed by atoms with Crippen molar-refractivity contribution in [2.45, 2.75) is 63.4 Å². The summed E-state index contributed by atoms with van der Waals surface area (Å²) in [5.41, 5.74) is 0.397. The molecule has 2 amide bonds. The summed E-state index contributed by atoms with van der Waals surface area (Å²) in [5, 5.41) is 16.1. The second-order valence-electron chi connectivity index (χ2n) is 7.52. The van der Waals surface area contributed by atoms with Crippen LogP contribution in [0.15, 0.2) is 24.3 Å². The number of benzene rings is 1. The lowest BCUT2D eigenvalue weighted by molar-refractivity contribution is -0.120. The van der Waals surface area contributed by atoms with Gasteiger partial charge in [0, 0.05) is 23.7 Å². The van der Waals surface area contributed by atoms with Gasteiger partial charge in [0.1, 0.15) is 0 Å². The maximum Gasteiger partial charge on any atom is 0.251 e. The summed E-state index contributed by atoms with van der Waals surface area (Å²) in [6, 6.07) is 7.01. The molecule has 3 rings (SSSR count). The van der Waals surface area contributed by atoms with Crippen molar-refractivity contribution in [2.75, 3.05) is 11.9 Å². The molecule has 0 unspecified atom stereocenters. The highest BCUT2D eigenvalue weighted by Gasteiger charge is 2.31. The third-order valence-corrected chi connectivity index (χ3v) is 5.48. The Morgan fingerprint density at radius 2 is 1.80 bits per heavy atom. The largest absolute Gasteiger partial charge is 0.388 e. The van der Waals surface area contributed by atoms with Gasteiger partial charge in [-0.15, -0.1) is 0 Å². The van der Waals surface area contributed by atoms with E-state index in [9.17, 15) is 14.7 Å². The molecular formula is C20H28N2O3. The van der Waals surface area contributed by atoms with E-state index in [4.69, 9.17) is 0 Å². The molecule has 25 heavy (non-hydrogen) atoms. The number of anilines is 1. The average molecular weight is 344 g/mol. The first-order valence-electron chi connectivity index (χ1n) is 9.47. The molecule has 2 saturated carbocycles. The van der Waals surface area contributed by atoms with Gasteiger partial charge in [-0.2, -0.15) is 0 Å². The highest BCUT2D eigenvalue weighted by Crippen LogP contribution is 2.29. The van der Waals surface area contributed by atoms with Gasteiger partial charge in [-0.25, -0.2) is 0 Å². The van der Waals surface area contributed by atoms with Gasteiger partial charge in [-0.1, -0.05) is 38.2 Å². The van der Waals surface area contributed by atoms with Crippen LogP contribution in [0.3, 0.4) is 0 Å². The minimum absolute atomic E-state index is 0.0533. The molecule has 3 N–H and O–H groups in total. The fourth-order valence-electron chi connectivity index (χ4n) is 3.90. The summed E-state index contributed by atoms with van der Waals surface area (Å²) in [5.74, 6) is -0.0746. The van der Waals surface area contributed by atoms with Crippen LogP contribution < -0.4 is 10.6 Å². The summed E-state index contributed by atoms with van der Waals surface area (Å²) in [6.07, 6.45) is 8.84. The van der Waals surface area contributed by atoms with Crippen molar-refractivity contribution in [2.24, 2.45) is 5.92 Å². The molecule has 5 heteroatoms. The average Bonchev–Trinajstić information content (AvgIpc) is 3.07. The fourth-order valence-corrected chi connectivity index (χ4v) is 3.90. The second-order valence-corrected chi connectivity index (χ2v) is 7.52. The third-order valence-electron chi connectivity index (χ3n) is 5.48. The molecule has 136 valence electrons. The number of hydrogen-bond donors (Lipinski definition) is 3. The van der Waals surface area contributed by atoms with Crippen molar-refractivity contribution in [1.82, 2.24) is 5.32 Å². The summed E-state index contributed by atoms with van der Waals surface area (Å²) in [6.45, 7) is 0.282. The summed E-state index contributed by atoms with van der Waals surface area (Å²) < 4.78 is 0. The zero-order chi connectivity index (χ0) is 17.7. The zero-order valence-electron chi connectivity index (χ0n) is 14.7. The molecular weight excluding hydrogens is 316 g/mol. The molecule has 0 bridgehead atoms. The van der Waals surface area contributed by atoms with Gasteiger partial charge >= 0.3 is 0 Å². The van der Waals surface area contributed by atoms with Gasteiger partial charge in [-0.3, -0.25) is 9.59 Å². The Morgan fingerprint density at radius 3 is 2.52 bits per heavy atom. The van der Waals surface area contributed by atoms with Gasteiger partial charge in [0.25, 0.3) is 5.91 Å². The predicted molar refractivity (Wildman–Crippen MR) is 97.4 cm³/mol. The Bertz CT molecular complexity index is 617. The van der Waals surface area contributed by atoms with E-state index in [0.717, 1.165) is 51.4 Å². The first kappa shape index (κ1) is 17.9. The lowest BCUT2D eigenvalue weighted by Gasteiger charge is -2.22. The van der Waals surface area contributed by atoms with Crippen LogP contribution in [0.5, 0.6) is 0 Å². The number of aliphatic hydroxyl groups is 1. The van der Waals surface area contributed by atoms with Gasteiger partial charge in [0.05, 0.1) is 5.60 Å². The molecule has 0 aliphatic heterocycles. The van der Waals surface area contributed by atoms with Gasteiger partial charge < -0.3 is 15.7 Å². The molecule has 0 aromatic heterocycles. The minimum Gasteiger partial charge on any atom is -0.388 e. The normalized spacial score (nSPS) is 20.2. The van der Waals surface area contributed by atoms with Gasteiger partial charge in [0.2, 0.25) is 5.91 Å². The number of carbonyl (C=O) groups excluding carboxylic acids is 2. The maximum atomic E-state index is 12.3. The number of rotatable bonds is 5. The zero-order valence-corrected chi connectivity index (χ0v) is 14.7. The van der Waals surface area contributed by atoms with E-state index in [1.807, 2.05) is 6.07 Å². The van der Waals surface area contributed by atoms with Crippen LogP contribution in [0.1, 0.15) is 68.1 Å². The Hall–Kier alpha value is -1.88. The highest BCUT2D eigenvalue weighted by molar-refractivity contribution is 5.97. The van der Waals surface area contributed by atoms with E-state index in [-0.39, 0.29) is 24.3 Å². The quantitative estimate of drug-likeness (QED) is 0.767. The van der Waals surface area contributed by atoms with E-state index in [1.165, 1.54) is 6.42 Å². The molecule has 0 saturated heterocycles. The molecule has 2 fully saturated rings. The minimum atomic E-state index is -0.761. The van der Waals surface area contributed by atoms with Crippen LogP contribution in [0, 0.1) is 5.92 Å². The Balaban J connectivity index is 1.56. The molecule has 0 heterocycles. The lowest BCUT2D eigenvalue weighted by Crippen LogP contribution is -2.40. The highest BCUT2D eigenvalue weighted by atomic mass is 16.3. The van der Waals surface area contributed by atoms with Crippen molar-refractivity contribution in [1.29, 1.82) is 0 Å². The van der Waals surface area contributed by atoms with Crippen molar-refractivity contribution in [3.8, 4) is 0 Å². The summed E-state index contributed by atoms with van der Waals surface area (Å²) in [7, 11) is 0. The van der Waals surface area contributed by atoms with E-state index in [2.05, 4.69) is 10.6 Å². The Labute approximate surface area is 149 Å². The number of nitrogens with one attached hydrogen (secondary N) is 2. The van der Waals surface area contributed by atoms with E-state index >= 15 is 0 Å². The number of carbonyl (C=O) groups is 2. The van der Waals surface area contributed by atoms with Crippen LogP contribution in [-0.4, -0.2) is 29.1 Å². The van der Waals surface area contributed by atoms with Crippen molar-refractivity contribution in [3.05, 3.63) is 29.8 Å². The van der Waals surface area contributed by atoms with E-state index in [1.54, 1.807) is 18.2 Å². The molecule has 5 nitrogen and oxygen atoms in total. The molecule has 2 aliphatic carbocycles. The van der Waals surface area contributed by atoms with Crippen molar-refractivity contribution >= 4 is 17.5 Å². The second kappa shape index (κ2) is 8.00. The first-order chi connectivity index (χ1) is 12.1. The predicted octanol–water partition coefficient (Wildman–Crippen LogP) is 3.24. The van der Waals surface area contributed by atoms with Crippen LogP contribution in [0.25, 0.3) is 0 Å². The summed E-state index contributed by atoms with van der Waals surface area (Å²) >= 11 is 0. The van der Waals surface area contributed by atoms with Gasteiger partial charge in [0.15, 0.2) is 0 Å². The van der Waals surface area contributed by atoms with E-state index < -0.39 is 5.60 Å². The standard InChI is InChI=1S/C20H28N2O3/c23-18(21-14-20(25)11-4-5-12-20)16-9-6-10-17(13-16)22-19(24)15-7-2-1-3-8-15/h6,9-10,13,15,25H,1-5,7-8,11-12,14H2,(H,21,23)(H,22,24). The SMILES string of the molecule is O=C(NCC1(O)CCCC1)c1cccc(NC(=O)C2CCCCC2)c1. The van der Waals surface area contributed by atoms with Crippen LogP contribution in [0.2, 0.25) is 0 Å². The monoisotopic (exact) mass is 344 g/mol. The van der Waals surface area contributed by atoms with Crippen LogP contribution >= 0.6 is 0 Å². The number of amides is 2. The van der Waals surface area contributed by atoms with Crippen molar-refractivity contribution < 1.29 is 14.7 Å². The first-order valence-corrected chi connectivity index (χ1v) is 9.47. The third kappa shape index (κ3) is 4.82. The molecule has 0 atom stereocenters. The van der Waals surface area contributed by atoms with E-state index in [0.29, 0.717) is 11.3 Å². The Morgan fingerprint density at radius 1 is 1.08 bits per heavy atom. The van der Waals surface area contributed by atoms with Crippen molar-refractivity contribution in [3.63, 3.8) is 0 Å². The molecule has 0 spiro atoms. The maximum absolute atomic E-state index is 12.3. The lowest BCUT2D eigenvalue weighted by atomic mass is 9.88. The number of hydrogen-bond acceptors (Lipinski definition) is 3. The summed E-state index contributed by atoms with van der Waals surface area (Å²) in [4.78, 5) is 24.7. The van der Waals surface area contributed by atoms with Crippen LogP contribution in [-0.2, 0) is 4.79 Å². The molecule has 1 aromatic carbocycles. The fraction of sp³-hybridized carbons (Fsp3) is 0.600. The molecule has 1 aromatic rings.